The summed E-state index contributed by atoms with van der Waals surface area (Å²) < 4.78 is 14.6. The Bertz CT molecular complexity index is 759. The van der Waals surface area contributed by atoms with Crippen LogP contribution in [0.25, 0.3) is 5.69 Å². The number of hydrogen-bond donors (Lipinski definition) is 0. The van der Waals surface area contributed by atoms with Crippen molar-refractivity contribution in [1.82, 2.24) is 4.57 Å². The van der Waals surface area contributed by atoms with Gasteiger partial charge in [0, 0.05) is 5.69 Å². The van der Waals surface area contributed by atoms with Crippen LogP contribution in [-0.4, -0.2) is 4.57 Å². The van der Waals surface area contributed by atoms with Crippen LogP contribution < -0.4 is 5.56 Å². The maximum absolute atomic E-state index is 13.3. The van der Waals surface area contributed by atoms with Gasteiger partial charge in [-0.2, -0.15) is 5.26 Å². The Hall–Kier alpha value is -2.12. The molecule has 96 valence electrons. The average Bonchev–Trinajstić information content (AvgIpc) is 2.37. The summed E-state index contributed by atoms with van der Waals surface area (Å²) in [5, 5.41) is 9.17. The van der Waals surface area contributed by atoms with Gasteiger partial charge >= 0.3 is 0 Å². The van der Waals surface area contributed by atoms with Crippen molar-refractivity contribution in [1.29, 1.82) is 5.26 Å². The summed E-state index contributed by atoms with van der Waals surface area (Å²) in [6.07, 6.45) is 0. The van der Waals surface area contributed by atoms with Gasteiger partial charge in [-0.15, -0.1) is 0 Å². The van der Waals surface area contributed by atoms with E-state index in [0.29, 0.717) is 16.9 Å². The molecule has 2 aromatic rings. The molecule has 5 heteroatoms. The summed E-state index contributed by atoms with van der Waals surface area (Å²) in [4.78, 5) is 12.2. The van der Waals surface area contributed by atoms with E-state index in [2.05, 4.69) is 0 Å². The molecule has 0 aliphatic carbocycles. The van der Waals surface area contributed by atoms with Crippen LogP contribution in [0.1, 0.15) is 16.8 Å². The minimum Gasteiger partial charge on any atom is -0.280 e. The molecule has 0 N–H and O–H groups in total. The summed E-state index contributed by atoms with van der Waals surface area (Å²) >= 11 is 5.98. The second kappa shape index (κ2) is 4.87. The van der Waals surface area contributed by atoms with Gasteiger partial charge in [0.2, 0.25) is 0 Å². The number of nitrogens with zero attached hydrogens (tertiary/aromatic N) is 2. The molecule has 0 bridgehead atoms. The first-order chi connectivity index (χ1) is 8.97. The smallest absolute Gasteiger partial charge is 0.274 e. The zero-order valence-corrected chi connectivity index (χ0v) is 11.1. The molecule has 0 unspecified atom stereocenters. The summed E-state index contributed by atoms with van der Waals surface area (Å²) in [6, 6.07) is 7.44. The molecular weight excluding hydrogens is 267 g/mol. The maximum atomic E-state index is 13.3. The van der Waals surface area contributed by atoms with Crippen LogP contribution in [-0.2, 0) is 0 Å². The first-order valence-corrected chi connectivity index (χ1v) is 5.93. The van der Waals surface area contributed by atoms with E-state index in [4.69, 9.17) is 16.9 Å². The highest BCUT2D eigenvalue weighted by molar-refractivity contribution is 6.32. The predicted octanol–water partition coefficient (Wildman–Crippen LogP) is 3.12. The lowest BCUT2D eigenvalue weighted by atomic mass is 10.1. The van der Waals surface area contributed by atoms with Crippen molar-refractivity contribution in [2.24, 2.45) is 0 Å². The van der Waals surface area contributed by atoms with Gasteiger partial charge in [0.15, 0.2) is 0 Å². The fourth-order valence-corrected chi connectivity index (χ4v) is 2.15. The van der Waals surface area contributed by atoms with Gasteiger partial charge in [-0.3, -0.25) is 9.36 Å². The maximum Gasteiger partial charge on any atom is 0.274 e. The van der Waals surface area contributed by atoms with Gasteiger partial charge in [0.05, 0.1) is 10.7 Å². The third kappa shape index (κ3) is 2.13. The first-order valence-electron chi connectivity index (χ1n) is 5.55. The number of aromatic nitrogens is 1. The van der Waals surface area contributed by atoms with E-state index in [0.717, 1.165) is 0 Å². The third-order valence-corrected chi connectivity index (χ3v) is 3.49. The molecule has 1 aromatic carbocycles. The molecule has 1 aromatic heterocycles. The highest BCUT2D eigenvalue weighted by Crippen LogP contribution is 2.22. The molecular formula is C14H10ClFN2O. The highest BCUT2D eigenvalue weighted by atomic mass is 35.5. The molecule has 3 nitrogen and oxygen atoms in total. The van der Waals surface area contributed by atoms with Gasteiger partial charge in [-0.1, -0.05) is 17.7 Å². The van der Waals surface area contributed by atoms with Crippen molar-refractivity contribution in [3.63, 3.8) is 0 Å². The van der Waals surface area contributed by atoms with Crippen molar-refractivity contribution in [2.75, 3.05) is 0 Å². The fraction of sp³-hybridized carbons (Fsp3) is 0.143. The Kier molecular flexibility index (Phi) is 3.41. The Labute approximate surface area is 114 Å². The third-order valence-electron chi connectivity index (χ3n) is 3.02. The van der Waals surface area contributed by atoms with E-state index in [9.17, 15) is 9.18 Å². The number of halogens is 2. The minimum atomic E-state index is -0.541. The van der Waals surface area contributed by atoms with Crippen LogP contribution in [0, 0.1) is 31.0 Å². The van der Waals surface area contributed by atoms with Gasteiger partial charge in [0.1, 0.15) is 17.4 Å². The summed E-state index contributed by atoms with van der Waals surface area (Å²) in [5.41, 5.74) is 0.913. The lowest BCUT2D eigenvalue weighted by Gasteiger charge is -2.14. The number of benzene rings is 1. The van der Waals surface area contributed by atoms with Crippen LogP contribution in [0.3, 0.4) is 0 Å². The van der Waals surface area contributed by atoms with Gasteiger partial charge < -0.3 is 0 Å². The van der Waals surface area contributed by atoms with Crippen molar-refractivity contribution in [2.45, 2.75) is 13.8 Å². The number of nitriles is 1. The van der Waals surface area contributed by atoms with Crippen LogP contribution in [0.2, 0.25) is 5.02 Å². The topological polar surface area (TPSA) is 45.8 Å². The van der Waals surface area contributed by atoms with E-state index in [1.807, 2.05) is 0 Å². The van der Waals surface area contributed by atoms with Gasteiger partial charge in [-0.25, -0.2) is 4.39 Å². The summed E-state index contributed by atoms with van der Waals surface area (Å²) in [5.74, 6) is -0.449. The Morgan fingerprint density at radius 3 is 2.63 bits per heavy atom. The monoisotopic (exact) mass is 276 g/mol. The Morgan fingerprint density at radius 2 is 2.05 bits per heavy atom. The number of hydrogen-bond acceptors (Lipinski definition) is 2. The van der Waals surface area contributed by atoms with Crippen LogP contribution >= 0.6 is 11.6 Å². The Balaban J connectivity index is 2.90. The molecule has 0 saturated carbocycles. The second-order valence-corrected chi connectivity index (χ2v) is 4.51. The van der Waals surface area contributed by atoms with Gasteiger partial charge in [-0.05, 0) is 37.6 Å². The zero-order valence-electron chi connectivity index (χ0n) is 10.4. The number of rotatable bonds is 1. The molecule has 1 heterocycles. The minimum absolute atomic E-state index is 0.131. The Morgan fingerprint density at radius 1 is 1.37 bits per heavy atom. The zero-order chi connectivity index (χ0) is 14.2. The number of pyridine rings is 1. The molecule has 19 heavy (non-hydrogen) atoms. The van der Waals surface area contributed by atoms with Crippen molar-refractivity contribution < 1.29 is 4.39 Å². The quantitative estimate of drug-likeness (QED) is 0.803. The molecule has 0 radical (unpaired) electrons. The normalized spacial score (nSPS) is 10.3. The standard InChI is InChI=1S/C14H10ClFN2O/c1-8-9(2)18(11-5-3-4-10(16)6-11)14(19)12(7-17)13(8)15/h3-6H,1-2H3. The summed E-state index contributed by atoms with van der Waals surface area (Å²) in [6.45, 7) is 3.42. The van der Waals surface area contributed by atoms with E-state index >= 15 is 0 Å². The van der Waals surface area contributed by atoms with E-state index < -0.39 is 11.4 Å². The largest absolute Gasteiger partial charge is 0.280 e. The van der Waals surface area contributed by atoms with Crippen LogP contribution in [0.5, 0.6) is 0 Å². The van der Waals surface area contributed by atoms with E-state index in [-0.39, 0.29) is 10.6 Å². The molecule has 0 spiro atoms. The predicted molar refractivity (Wildman–Crippen MR) is 71.2 cm³/mol. The van der Waals surface area contributed by atoms with E-state index in [1.165, 1.54) is 22.8 Å². The van der Waals surface area contributed by atoms with Crippen LogP contribution in [0.15, 0.2) is 29.1 Å². The summed E-state index contributed by atoms with van der Waals surface area (Å²) in [7, 11) is 0. The highest BCUT2D eigenvalue weighted by Gasteiger charge is 2.16. The first kappa shape index (κ1) is 13.3. The van der Waals surface area contributed by atoms with E-state index in [1.54, 1.807) is 26.0 Å². The SMILES string of the molecule is Cc1c(Cl)c(C#N)c(=O)n(-c2cccc(F)c2)c1C. The lowest BCUT2D eigenvalue weighted by molar-refractivity contribution is 0.626. The average molecular weight is 277 g/mol. The van der Waals surface area contributed by atoms with Crippen LogP contribution in [0.4, 0.5) is 4.39 Å². The van der Waals surface area contributed by atoms with Crippen molar-refractivity contribution >= 4 is 11.6 Å². The molecule has 2 rings (SSSR count). The lowest BCUT2D eigenvalue weighted by Crippen LogP contribution is -2.24. The molecule has 0 aliphatic heterocycles. The van der Waals surface area contributed by atoms with Crippen molar-refractivity contribution in [3.05, 3.63) is 62.3 Å². The molecule has 0 amide bonds. The van der Waals surface area contributed by atoms with Crippen molar-refractivity contribution in [3.8, 4) is 11.8 Å². The molecule has 0 saturated heterocycles. The fourth-order valence-electron chi connectivity index (χ4n) is 1.90. The molecule has 0 fully saturated rings. The molecule has 0 atom stereocenters. The second-order valence-electron chi connectivity index (χ2n) is 4.13. The molecule has 0 aliphatic rings. The van der Waals surface area contributed by atoms with Gasteiger partial charge in [0.25, 0.3) is 5.56 Å².